The topological polar surface area (TPSA) is 56.5 Å². The van der Waals surface area contributed by atoms with Gasteiger partial charge < -0.3 is 14.6 Å². The van der Waals surface area contributed by atoms with Crippen LogP contribution in [-0.2, 0) is 6.54 Å². The standard InChI is InChI=1S/C14H17BrN2O3/c1-4-17-13(12(20-3)8-16-17)14(18)10-7-9(19-2)5-6-11(10)15/h5-8,14,18H,4H2,1-3H3. The van der Waals surface area contributed by atoms with Crippen molar-refractivity contribution in [2.45, 2.75) is 19.6 Å². The highest BCUT2D eigenvalue weighted by molar-refractivity contribution is 9.10. The molecule has 0 bridgehead atoms. The third-order valence-electron chi connectivity index (χ3n) is 3.12. The lowest BCUT2D eigenvalue weighted by atomic mass is 10.1. The smallest absolute Gasteiger partial charge is 0.163 e. The number of benzene rings is 1. The normalized spacial score (nSPS) is 12.2. The van der Waals surface area contributed by atoms with Crippen molar-refractivity contribution in [3.63, 3.8) is 0 Å². The van der Waals surface area contributed by atoms with Gasteiger partial charge in [0, 0.05) is 16.6 Å². The minimum Gasteiger partial charge on any atom is -0.497 e. The Morgan fingerprint density at radius 3 is 2.70 bits per heavy atom. The zero-order chi connectivity index (χ0) is 14.7. The average molecular weight is 341 g/mol. The number of aliphatic hydroxyl groups excluding tert-OH is 1. The van der Waals surface area contributed by atoms with Crippen LogP contribution in [0.3, 0.4) is 0 Å². The maximum Gasteiger partial charge on any atom is 0.163 e. The summed E-state index contributed by atoms with van der Waals surface area (Å²) in [5, 5.41) is 14.9. The summed E-state index contributed by atoms with van der Waals surface area (Å²) in [5.74, 6) is 1.25. The molecule has 0 amide bonds. The van der Waals surface area contributed by atoms with Gasteiger partial charge in [-0.2, -0.15) is 5.10 Å². The summed E-state index contributed by atoms with van der Waals surface area (Å²) in [5.41, 5.74) is 1.34. The second-order valence-electron chi connectivity index (χ2n) is 4.20. The summed E-state index contributed by atoms with van der Waals surface area (Å²) in [6.07, 6.45) is 0.757. The molecule has 0 aliphatic rings. The number of aryl methyl sites for hydroxylation is 1. The number of nitrogens with zero attached hydrogens (tertiary/aromatic N) is 2. The Hall–Kier alpha value is -1.53. The van der Waals surface area contributed by atoms with Crippen molar-refractivity contribution in [3.8, 4) is 11.5 Å². The quantitative estimate of drug-likeness (QED) is 0.909. The fraction of sp³-hybridized carbons (Fsp3) is 0.357. The van der Waals surface area contributed by atoms with Crippen LogP contribution in [0.1, 0.15) is 24.3 Å². The van der Waals surface area contributed by atoms with Crippen LogP contribution in [0.15, 0.2) is 28.9 Å². The van der Waals surface area contributed by atoms with Crippen LogP contribution in [-0.4, -0.2) is 29.1 Å². The predicted molar refractivity (Wildman–Crippen MR) is 79.2 cm³/mol. The van der Waals surface area contributed by atoms with E-state index in [1.165, 1.54) is 0 Å². The van der Waals surface area contributed by atoms with Gasteiger partial charge in [-0.25, -0.2) is 0 Å². The third-order valence-corrected chi connectivity index (χ3v) is 3.84. The van der Waals surface area contributed by atoms with E-state index < -0.39 is 6.10 Å². The number of aromatic nitrogens is 2. The summed E-state index contributed by atoms with van der Waals surface area (Å²) in [4.78, 5) is 0. The highest BCUT2D eigenvalue weighted by Crippen LogP contribution is 2.35. The Bertz CT molecular complexity index is 577. The number of halogens is 1. The van der Waals surface area contributed by atoms with E-state index in [0.29, 0.717) is 29.3 Å². The first-order valence-electron chi connectivity index (χ1n) is 6.23. The van der Waals surface area contributed by atoms with E-state index >= 15 is 0 Å². The molecule has 0 saturated carbocycles. The van der Waals surface area contributed by atoms with E-state index in [-0.39, 0.29) is 0 Å². The van der Waals surface area contributed by atoms with Gasteiger partial charge in [0.1, 0.15) is 17.5 Å². The molecular formula is C14H17BrN2O3. The largest absolute Gasteiger partial charge is 0.497 e. The lowest BCUT2D eigenvalue weighted by Gasteiger charge is -2.16. The SMILES string of the molecule is CCn1ncc(OC)c1C(O)c1cc(OC)ccc1Br. The molecule has 108 valence electrons. The number of methoxy groups -OCH3 is 2. The lowest BCUT2D eigenvalue weighted by molar-refractivity contribution is 0.201. The summed E-state index contributed by atoms with van der Waals surface area (Å²) < 4.78 is 13.0. The number of hydrogen-bond donors (Lipinski definition) is 1. The number of hydrogen-bond acceptors (Lipinski definition) is 4. The van der Waals surface area contributed by atoms with Crippen LogP contribution in [0.5, 0.6) is 11.5 Å². The molecule has 5 nitrogen and oxygen atoms in total. The summed E-state index contributed by atoms with van der Waals surface area (Å²) in [7, 11) is 3.16. The van der Waals surface area contributed by atoms with E-state index in [1.54, 1.807) is 31.2 Å². The van der Waals surface area contributed by atoms with Gasteiger partial charge in [0.2, 0.25) is 0 Å². The Morgan fingerprint density at radius 2 is 2.10 bits per heavy atom. The highest BCUT2D eigenvalue weighted by Gasteiger charge is 2.23. The van der Waals surface area contributed by atoms with E-state index in [1.807, 2.05) is 19.1 Å². The van der Waals surface area contributed by atoms with Crippen LogP contribution in [0.4, 0.5) is 0 Å². The fourth-order valence-corrected chi connectivity index (χ4v) is 2.53. The fourth-order valence-electron chi connectivity index (χ4n) is 2.07. The summed E-state index contributed by atoms with van der Waals surface area (Å²) in [6, 6.07) is 5.46. The van der Waals surface area contributed by atoms with Gasteiger partial charge in [0.05, 0.1) is 20.4 Å². The monoisotopic (exact) mass is 340 g/mol. The molecule has 0 fully saturated rings. The number of aliphatic hydroxyl groups is 1. The third kappa shape index (κ3) is 2.66. The van der Waals surface area contributed by atoms with Gasteiger partial charge in [-0.3, -0.25) is 4.68 Å². The van der Waals surface area contributed by atoms with Crippen LogP contribution < -0.4 is 9.47 Å². The summed E-state index contributed by atoms with van der Waals surface area (Å²) >= 11 is 3.45. The van der Waals surface area contributed by atoms with Crippen molar-refractivity contribution in [2.24, 2.45) is 0 Å². The minimum absolute atomic E-state index is 0.564. The first-order chi connectivity index (χ1) is 9.62. The van der Waals surface area contributed by atoms with Crippen molar-refractivity contribution < 1.29 is 14.6 Å². The Labute approximate surface area is 126 Å². The molecule has 0 aliphatic heterocycles. The van der Waals surface area contributed by atoms with Gasteiger partial charge in [-0.1, -0.05) is 15.9 Å². The zero-order valence-electron chi connectivity index (χ0n) is 11.6. The molecule has 0 radical (unpaired) electrons. The van der Waals surface area contributed by atoms with Crippen molar-refractivity contribution in [1.82, 2.24) is 9.78 Å². The Kier molecular flexibility index (Phi) is 4.67. The maximum absolute atomic E-state index is 10.7. The average Bonchev–Trinajstić information content (AvgIpc) is 2.90. The van der Waals surface area contributed by atoms with Crippen LogP contribution >= 0.6 is 15.9 Å². The Balaban J connectivity index is 2.50. The van der Waals surface area contributed by atoms with Crippen LogP contribution in [0.2, 0.25) is 0 Å². The molecule has 2 aromatic rings. The molecule has 0 spiro atoms. The van der Waals surface area contributed by atoms with Gasteiger partial charge >= 0.3 is 0 Å². The summed E-state index contributed by atoms with van der Waals surface area (Å²) in [6.45, 7) is 2.61. The molecule has 1 N–H and O–H groups in total. The molecule has 1 aromatic heterocycles. The predicted octanol–water partition coefficient (Wildman–Crippen LogP) is 2.76. The molecule has 2 rings (SSSR count). The molecule has 1 aromatic carbocycles. The van der Waals surface area contributed by atoms with E-state index in [9.17, 15) is 5.11 Å². The van der Waals surface area contributed by atoms with Crippen molar-refractivity contribution >= 4 is 15.9 Å². The van der Waals surface area contributed by atoms with Gasteiger partial charge in [-0.05, 0) is 25.1 Å². The van der Waals surface area contributed by atoms with Crippen molar-refractivity contribution in [2.75, 3.05) is 14.2 Å². The number of ether oxygens (including phenoxy) is 2. The molecular weight excluding hydrogens is 324 g/mol. The molecule has 0 aliphatic carbocycles. The van der Waals surface area contributed by atoms with Crippen LogP contribution in [0, 0.1) is 0 Å². The number of rotatable bonds is 5. The molecule has 1 atom stereocenters. The van der Waals surface area contributed by atoms with Crippen molar-refractivity contribution in [3.05, 3.63) is 40.1 Å². The Morgan fingerprint density at radius 1 is 1.35 bits per heavy atom. The first kappa shape index (κ1) is 14.9. The van der Waals surface area contributed by atoms with Crippen molar-refractivity contribution in [1.29, 1.82) is 0 Å². The molecule has 1 unspecified atom stereocenters. The van der Waals surface area contributed by atoms with Crippen LogP contribution in [0.25, 0.3) is 0 Å². The second-order valence-corrected chi connectivity index (χ2v) is 5.06. The van der Waals surface area contributed by atoms with E-state index in [0.717, 1.165) is 4.47 Å². The highest BCUT2D eigenvalue weighted by atomic mass is 79.9. The van der Waals surface area contributed by atoms with Gasteiger partial charge in [0.25, 0.3) is 0 Å². The van der Waals surface area contributed by atoms with E-state index in [2.05, 4.69) is 21.0 Å². The maximum atomic E-state index is 10.7. The second kappa shape index (κ2) is 6.28. The molecule has 1 heterocycles. The molecule has 6 heteroatoms. The van der Waals surface area contributed by atoms with Gasteiger partial charge in [-0.15, -0.1) is 0 Å². The molecule has 20 heavy (non-hydrogen) atoms. The van der Waals surface area contributed by atoms with Gasteiger partial charge in [0.15, 0.2) is 5.75 Å². The lowest BCUT2D eigenvalue weighted by Crippen LogP contribution is -2.11. The zero-order valence-corrected chi connectivity index (χ0v) is 13.2. The van der Waals surface area contributed by atoms with E-state index in [4.69, 9.17) is 9.47 Å². The first-order valence-corrected chi connectivity index (χ1v) is 7.02. The molecule has 0 saturated heterocycles. The minimum atomic E-state index is -0.850.